The van der Waals surface area contributed by atoms with Gasteiger partial charge >= 0.3 is 0 Å². The third-order valence-corrected chi connectivity index (χ3v) is 6.53. The van der Waals surface area contributed by atoms with Crippen molar-refractivity contribution in [1.29, 1.82) is 0 Å². The van der Waals surface area contributed by atoms with Crippen LogP contribution in [-0.4, -0.2) is 60.7 Å². The van der Waals surface area contributed by atoms with E-state index >= 15 is 0 Å². The average Bonchev–Trinajstić information content (AvgIpc) is 3.41. The van der Waals surface area contributed by atoms with Crippen molar-refractivity contribution in [1.82, 2.24) is 15.1 Å². The topological polar surface area (TPSA) is 69.7 Å². The predicted octanol–water partition coefficient (Wildman–Crippen LogP) is 2.62. The van der Waals surface area contributed by atoms with Crippen LogP contribution in [0.5, 0.6) is 0 Å². The number of hydrogen-bond acceptors (Lipinski definition) is 3. The van der Waals surface area contributed by atoms with Gasteiger partial charge in [-0.05, 0) is 36.5 Å². The predicted molar refractivity (Wildman–Crippen MR) is 119 cm³/mol. The summed E-state index contributed by atoms with van der Waals surface area (Å²) < 4.78 is 14.6. The van der Waals surface area contributed by atoms with E-state index in [1.165, 1.54) is 6.07 Å². The van der Waals surface area contributed by atoms with Gasteiger partial charge in [-0.15, -0.1) is 0 Å². The minimum Gasteiger partial charge on any atom is -0.348 e. The van der Waals surface area contributed by atoms with Gasteiger partial charge < -0.3 is 15.1 Å². The number of carbonyl (C=O) groups is 3. The fourth-order valence-electron chi connectivity index (χ4n) is 4.93. The highest BCUT2D eigenvalue weighted by Crippen LogP contribution is 2.39. The number of hydrogen-bond donors (Lipinski definition) is 1. The SMILES string of the molecule is CN(C)C(=O)C1(Cc2ccccc2-c2ccccc2F)CCN(C(=O)C2CCC(=O)N2)C1. The maximum atomic E-state index is 14.6. The van der Waals surface area contributed by atoms with Crippen LogP contribution in [0.3, 0.4) is 0 Å². The van der Waals surface area contributed by atoms with E-state index in [4.69, 9.17) is 0 Å². The second-order valence-electron chi connectivity index (χ2n) is 8.96. The Bertz CT molecular complexity index is 1050. The fourth-order valence-corrected chi connectivity index (χ4v) is 4.93. The summed E-state index contributed by atoms with van der Waals surface area (Å²) in [6.45, 7) is 0.730. The van der Waals surface area contributed by atoms with E-state index in [0.717, 1.165) is 11.1 Å². The van der Waals surface area contributed by atoms with Crippen molar-refractivity contribution in [2.24, 2.45) is 5.41 Å². The van der Waals surface area contributed by atoms with Crippen LogP contribution >= 0.6 is 0 Å². The second-order valence-corrected chi connectivity index (χ2v) is 8.96. The number of likely N-dealkylation sites (tertiary alicyclic amines) is 1. The lowest BCUT2D eigenvalue weighted by Crippen LogP contribution is -2.47. The zero-order valence-electron chi connectivity index (χ0n) is 18.4. The number of amides is 3. The first-order chi connectivity index (χ1) is 15.3. The van der Waals surface area contributed by atoms with Crippen molar-refractivity contribution in [3.05, 3.63) is 59.9 Å². The van der Waals surface area contributed by atoms with Crippen LogP contribution in [0.1, 0.15) is 24.8 Å². The third kappa shape index (κ3) is 4.11. The van der Waals surface area contributed by atoms with Crippen LogP contribution in [0.25, 0.3) is 11.1 Å². The molecule has 6 nitrogen and oxygen atoms in total. The highest BCUT2D eigenvalue weighted by atomic mass is 19.1. The largest absolute Gasteiger partial charge is 0.348 e. The summed E-state index contributed by atoms with van der Waals surface area (Å²) in [6.07, 6.45) is 1.75. The first-order valence-corrected chi connectivity index (χ1v) is 10.9. The monoisotopic (exact) mass is 437 g/mol. The summed E-state index contributed by atoms with van der Waals surface area (Å²) in [5.41, 5.74) is 1.32. The lowest BCUT2D eigenvalue weighted by molar-refractivity contribution is -0.140. The molecule has 4 rings (SSSR count). The Morgan fingerprint density at radius 1 is 1.12 bits per heavy atom. The van der Waals surface area contributed by atoms with Crippen molar-refractivity contribution < 1.29 is 18.8 Å². The van der Waals surface area contributed by atoms with Crippen LogP contribution in [0.4, 0.5) is 4.39 Å². The molecule has 0 saturated carbocycles. The molecule has 32 heavy (non-hydrogen) atoms. The molecule has 0 radical (unpaired) electrons. The molecule has 0 aliphatic carbocycles. The molecule has 2 aromatic rings. The zero-order valence-corrected chi connectivity index (χ0v) is 18.4. The molecule has 168 valence electrons. The van der Waals surface area contributed by atoms with E-state index in [9.17, 15) is 18.8 Å². The molecule has 3 amide bonds. The molecule has 2 aliphatic rings. The number of nitrogens with zero attached hydrogens (tertiary/aromatic N) is 2. The Balaban J connectivity index is 1.65. The van der Waals surface area contributed by atoms with Gasteiger partial charge in [0.1, 0.15) is 11.9 Å². The minimum absolute atomic E-state index is 0.0494. The third-order valence-electron chi connectivity index (χ3n) is 6.53. The Kier molecular flexibility index (Phi) is 6.00. The van der Waals surface area contributed by atoms with E-state index in [0.29, 0.717) is 37.8 Å². The van der Waals surface area contributed by atoms with E-state index in [1.54, 1.807) is 42.1 Å². The molecule has 2 unspecified atom stereocenters. The number of carbonyl (C=O) groups excluding carboxylic acids is 3. The molecule has 2 saturated heterocycles. The van der Waals surface area contributed by atoms with E-state index < -0.39 is 11.5 Å². The normalized spacial score (nSPS) is 22.7. The molecular formula is C25H28FN3O3. The molecule has 2 heterocycles. The van der Waals surface area contributed by atoms with Gasteiger partial charge in [-0.25, -0.2) is 4.39 Å². The summed E-state index contributed by atoms with van der Waals surface area (Å²) >= 11 is 0. The molecule has 7 heteroatoms. The Morgan fingerprint density at radius 2 is 1.81 bits per heavy atom. The maximum Gasteiger partial charge on any atom is 0.245 e. The first kappa shape index (κ1) is 22.0. The van der Waals surface area contributed by atoms with Crippen molar-refractivity contribution in [3.8, 4) is 11.1 Å². The quantitative estimate of drug-likeness (QED) is 0.782. The van der Waals surface area contributed by atoms with Crippen LogP contribution < -0.4 is 5.32 Å². The zero-order chi connectivity index (χ0) is 22.9. The van der Waals surface area contributed by atoms with Crippen molar-refractivity contribution in [2.75, 3.05) is 27.2 Å². The van der Waals surface area contributed by atoms with Gasteiger partial charge in [0.05, 0.1) is 5.41 Å². The summed E-state index contributed by atoms with van der Waals surface area (Å²) in [5, 5.41) is 2.73. The molecule has 1 N–H and O–H groups in total. The van der Waals surface area contributed by atoms with Crippen LogP contribution in [0, 0.1) is 11.2 Å². The average molecular weight is 438 g/mol. The van der Waals surface area contributed by atoms with Crippen molar-refractivity contribution in [3.63, 3.8) is 0 Å². The Labute approximate surface area is 187 Å². The van der Waals surface area contributed by atoms with Crippen molar-refractivity contribution in [2.45, 2.75) is 31.7 Å². The molecule has 2 fully saturated rings. The smallest absolute Gasteiger partial charge is 0.245 e. The summed E-state index contributed by atoms with van der Waals surface area (Å²) in [7, 11) is 3.43. The van der Waals surface area contributed by atoms with E-state index in [-0.39, 0.29) is 30.1 Å². The molecular weight excluding hydrogens is 409 g/mol. The molecule has 0 bridgehead atoms. The number of benzene rings is 2. The fraction of sp³-hybridized carbons (Fsp3) is 0.400. The van der Waals surface area contributed by atoms with Gasteiger partial charge in [0.2, 0.25) is 17.7 Å². The summed E-state index contributed by atoms with van der Waals surface area (Å²) in [6, 6.07) is 13.6. The van der Waals surface area contributed by atoms with E-state index in [2.05, 4.69) is 5.32 Å². The number of rotatable bonds is 5. The molecule has 0 spiro atoms. The van der Waals surface area contributed by atoms with Crippen LogP contribution in [0.15, 0.2) is 48.5 Å². The first-order valence-electron chi connectivity index (χ1n) is 10.9. The van der Waals surface area contributed by atoms with Gasteiger partial charge in [0.15, 0.2) is 0 Å². The standard InChI is InChI=1S/C25H28FN3O3/c1-28(2)24(32)25(13-14-29(16-25)23(31)21-11-12-22(30)27-21)15-17-7-3-4-8-18(17)19-9-5-6-10-20(19)26/h3-10,21H,11-16H2,1-2H3,(H,27,30). The van der Waals surface area contributed by atoms with Crippen LogP contribution in [-0.2, 0) is 20.8 Å². The molecule has 2 aromatic carbocycles. The highest BCUT2D eigenvalue weighted by Gasteiger charge is 2.48. The van der Waals surface area contributed by atoms with Gasteiger partial charge in [0, 0.05) is 39.2 Å². The number of nitrogens with one attached hydrogen (secondary N) is 1. The lowest BCUT2D eigenvalue weighted by Gasteiger charge is -2.32. The van der Waals surface area contributed by atoms with Crippen LogP contribution in [0.2, 0.25) is 0 Å². The molecule has 0 aromatic heterocycles. The van der Waals surface area contributed by atoms with Gasteiger partial charge in [0.25, 0.3) is 0 Å². The summed E-state index contributed by atoms with van der Waals surface area (Å²) in [5.74, 6) is -0.608. The maximum absolute atomic E-state index is 14.6. The number of halogens is 1. The summed E-state index contributed by atoms with van der Waals surface area (Å²) in [4.78, 5) is 41.2. The van der Waals surface area contributed by atoms with Gasteiger partial charge in [-0.1, -0.05) is 42.5 Å². The Morgan fingerprint density at radius 3 is 2.47 bits per heavy atom. The second kappa shape index (κ2) is 8.73. The highest BCUT2D eigenvalue weighted by molar-refractivity contribution is 5.92. The lowest BCUT2D eigenvalue weighted by atomic mass is 9.77. The van der Waals surface area contributed by atoms with E-state index in [1.807, 2.05) is 24.3 Å². The molecule has 2 atom stereocenters. The minimum atomic E-state index is -0.802. The Hall–Kier alpha value is -3.22. The van der Waals surface area contributed by atoms with Gasteiger partial charge in [-0.2, -0.15) is 0 Å². The van der Waals surface area contributed by atoms with Crippen molar-refractivity contribution >= 4 is 17.7 Å². The van der Waals surface area contributed by atoms with Gasteiger partial charge in [-0.3, -0.25) is 14.4 Å². The molecule has 2 aliphatic heterocycles.